The van der Waals surface area contributed by atoms with E-state index in [1.807, 2.05) is 6.92 Å². The van der Waals surface area contributed by atoms with E-state index in [0.29, 0.717) is 5.76 Å². The monoisotopic (exact) mass is 381 g/mol. The number of carbonyl (C=O) groups excluding carboxylic acids is 2. The molecule has 3 aliphatic rings. The van der Waals surface area contributed by atoms with E-state index in [2.05, 4.69) is 5.32 Å². The van der Waals surface area contributed by atoms with Crippen LogP contribution in [0.15, 0.2) is 35.1 Å². The Bertz CT molecular complexity index is 712. The molecule has 0 aromatic rings. The molecule has 0 saturated carbocycles. The number of carbonyl (C=O) groups is 2. The number of aliphatic hydroxyl groups excluding tert-OH is 3. The second-order valence-electron chi connectivity index (χ2n) is 6.78. The molecule has 1 unspecified atom stereocenters. The quantitative estimate of drug-likeness (QED) is 0.457. The van der Waals surface area contributed by atoms with E-state index in [0.717, 1.165) is 11.1 Å². The number of esters is 1. The Labute approximate surface area is 155 Å². The molecule has 2 heterocycles. The molecule has 9 heteroatoms. The molecule has 9 nitrogen and oxygen atoms in total. The van der Waals surface area contributed by atoms with Gasteiger partial charge < -0.3 is 34.8 Å². The fourth-order valence-corrected chi connectivity index (χ4v) is 3.33. The minimum Gasteiger partial charge on any atom is -0.463 e. The van der Waals surface area contributed by atoms with Gasteiger partial charge in [0.1, 0.15) is 36.2 Å². The topological polar surface area (TPSA) is 135 Å². The number of hydrogen-bond acceptors (Lipinski definition) is 8. The van der Waals surface area contributed by atoms with E-state index in [1.165, 1.54) is 6.92 Å². The number of amides is 1. The molecule has 1 fully saturated rings. The van der Waals surface area contributed by atoms with E-state index in [-0.39, 0.29) is 12.4 Å². The first-order chi connectivity index (χ1) is 12.8. The van der Waals surface area contributed by atoms with Gasteiger partial charge in [-0.3, -0.25) is 9.59 Å². The lowest BCUT2D eigenvalue weighted by Crippen LogP contribution is -2.64. The van der Waals surface area contributed by atoms with E-state index in [1.54, 1.807) is 18.2 Å². The lowest BCUT2D eigenvalue weighted by molar-refractivity contribution is -0.258. The summed E-state index contributed by atoms with van der Waals surface area (Å²) in [6.07, 6.45) is -0.352. The minimum absolute atomic E-state index is 0.235. The minimum atomic E-state index is -1.40. The Balaban J connectivity index is 1.80. The van der Waals surface area contributed by atoms with Crippen LogP contribution in [0.4, 0.5) is 0 Å². The van der Waals surface area contributed by atoms with Crippen molar-refractivity contribution in [3.05, 3.63) is 35.1 Å². The molecular formula is C18H23NO8. The third kappa shape index (κ3) is 4.06. The number of allylic oxidation sites excluding steroid dienone is 1. The van der Waals surface area contributed by atoms with Crippen molar-refractivity contribution in [2.75, 3.05) is 6.61 Å². The zero-order valence-electron chi connectivity index (χ0n) is 15.0. The smallest absolute Gasteiger partial charge is 0.310 e. The standard InChI is InChI=1S/C18H23NO8/c1-8-5-14(22)26-12-6-10(3-4-11(8)12)25-18-15(19-9(2)21)17(24)16(23)13(7-20)27-18/h3-4,6,12-13,15-18,20,23-24H,5,7H2,1-2H3,(H,19,21)/t12?,13-,15-,16-,17-,18-/m1/s1. The van der Waals surface area contributed by atoms with Crippen molar-refractivity contribution < 1.29 is 39.1 Å². The van der Waals surface area contributed by atoms with Crippen LogP contribution in [0.25, 0.3) is 0 Å². The van der Waals surface area contributed by atoms with Crippen molar-refractivity contribution in [2.24, 2.45) is 0 Å². The number of hydrogen-bond donors (Lipinski definition) is 4. The van der Waals surface area contributed by atoms with Crippen LogP contribution >= 0.6 is 0 Å². The number of ether oxygens (including phenoxy) is 3. The molecule has 0 spiro atoms. The summed E-state index contributed by atoms with van der Waals surface area (Å²) < 4.78 is 16.6. The fraction of sp³-hybridized carbons (Fsp3) is 0.556. The van der Waals surface area contributed by atoms with Crippen LogP contribution in [0.2, 0.25) is 0 Å². The lowest BCUT2D eigenvalue weighted by Gasteiger charge is -2.42. The molecule has 148 valence electrons. The SMILES string of the molecule is CC(=O)N[C@H]1[C@H](OC2=CC3OC(=O)CC(C)=C3C=C2)O[C@H](CO)[C@@H](O)[C@@H]1O. The molecule has 6 atom stereocenters. The maximum absolute atomic E-state index is 11.6. The maximum atomic E-state index is 11.6. The molecule has 2 aliphatic heterocycles. The van der Waals surface area contributed by atoms with Crippen LogP contribution < -0.4 is 5.32 Å². The van der Waals surface area contributed by atoms with Crippen LogP contribution in [0.3, 0.4) is 0 Å². The van der Waals surface area contributed by atoms with Gasteiger partial charge in [-0.15, -0.1) is 0 Å². The van der Waals surface area contributed by atoms with Crippen LogP contribution in [0, 0.1) is 0 Å². The zero-order chi connectivity index (χ0) is 19.7. The van der Waals surface area contributed by atoms with Crippen molar-refractivity contribution >= 4 is 11.9 Å². The van der Waals surface area contributed by atoms with E-state index in [9.17, 15) is 24.9 Å². The number of fused-ring (bicyclic) bond motifs is 1. The fourth-order valence-electron chi connectivity index (χ4n) is 3.33. The van der Waals surface area contributed by atoms with Gasteiger partial charge in [-0.2, -0.15) is 0 Å². The molecule has 0 aromatic carbocycles. The van der Waals surface area contributed by atoms with Crippen molar-refractivity contribution in [3.63, 3.8) is 0 Å². The van der Waals surface area contributed by atoms with Gasteiger partial charge in [0.05, 0.1) is 13.0 Å². The average molecular weight is 381 g/mol. The Morgan fingerprint density at radius 2 is 2.07 bits per heavy atom. The van der Waals surface area contributed by atoms with Gasteiger partial charge in [0.15, 0.2) is 0 Å². The van der Waals surface area contributed by atoms with E-state index >= 15 is 0 Å². The summed E-state index contributed by atoms with van der Waals surface area (Å²) in [5.41, 5.74) is 1.78. The first-order valence-electron chi connectivity index (χ1n) is 8.65. The zero-order valence-corrected chi connectivity index (χ0v) is 15.0. The highest BCUT2D eigenvalue weighted by Crippen LogP contribution is 2.31. The van der Waals surface area contributed by atoms with Crippen molar-refractivity contribution in [2.45, 2.75) is 57.0 Å². The largest absolute Gasteiger partial charge is 0.463 e. The lowest BCUT2D eigenvalue weighted by atomic mass is 9.94. The highest BCUT2D eigenvalue weighted by Gasteiger charge is 2.46. The van der Waals surface area contributed by atoms with Crippen LogP contribution in [0.5, 0.6) is 0 Å². The van der Waals surface area contributed by atoms with Crippen LogP contribution in [-0.4, -0.2) is 70.6 Å². The predicted octanol–water partition coefficient (Wildman–Crippen LogP) is -0.968. The summed E-state index contributed by atoms with van der Waals surface area (Å²) in [5, 5.41) is 32.2. The normalized spacial score (nSPS) is 35.9. The summed E-state index contributed by atoms with van der Waals surface area (Å²) in [4.78, 5) is 23.1. The summed E-state index contributed by atoms with van der Waals surface area (Å²) in [6, 6.07) is -1.05. The maximum Gasteiger partial charge on any atom is 0.310 e. The van der Waals surface area contributed by atoms with Gasteiger partial charge >= 0.3 is 5.97 Å². The molecular weight excluding hydrogens is 358 g/mol. The molecule has 0 bridgehead atoms. The Morgan fingerprint density at radius 1 is 1.33 bits per heavy atom. The van der Waals surface area contributed by atoms with Crippen molar-refractivity contribution in [1.29, 1.82) is 0 Å². The highest BCUT2D eigenvalue weighted by molar-refractivity contribution is 5.76. The Hall–Kier alpha value is -2.20. The summed E-state index contributed by atoms with van der Waals surface area (Å²) in [5.74, 6) is -0.468. The van der Waals surface area contributed by atoms with Gasteiger partial charge in [0.25, 0.3) is 0 Å². The molecule has 3 rings (SSSR count). The number of rotatable bonds is 4. The Morgan fingerprint density at radius 3 is 2.74 bits per heavy atom. The van der Waals surface area contributed by atoms with Gasteiger partial charge in [-0.05, 0) is 18.6 Å². The molecule has 4 N–H and O–H groups in total. The number of nitrogens with one attached hydrogen (secondary N) is 1. The third-order valence-corrected chi connectivity index (χ3v) is 4.71. The highest BCUT2D eigenvalue weighted by atomic mass is 16.7. The summed E-state index contributed by atoms with van der Waals surface area (Å²) in [6.45, 7) is 2.58. The van der Waals surface area contributed by atoms with E-state index < -0.39 is 49.3 Å². The molecule has 1 saturated heterocycles. The second-order valence-corrected chi connectivity index (χ2v) is 6.78. The summed E-state index contributed by atoms with van der Waals surface area (Å²) in [7, 11) is 0. The van der Waals surface area contributed by atoms with Crippen LogP contribution in [-0.2, 0) is 23.8 Å². The summed E-state index contributed by atoms with van der Waals surface area (Å²) >= 11 is 0. The van der Waals surface area contributed by atoms with Gasteiger partial charge in [0, 0.05) is 13.0 Å². The van der Waals surface area contributed by atoms with Crippen LogP contribution in [0.1, 0.15) is 20.3 Å². The molecule has 1 amide bonds. The third-order valence-electron chi connectivity index (χ3n) is 4.71. The Kier molecular flexibility index (Phi) is 5.66. The van der Waals surface area contributed by atoms with E-state index in [4.69, 9.17) is 14.2 Å². The predicted molar refractivity (Wildman–Crippen MR) is 90.9 cm³/mol. The first-order valence-corrected chi connectivity index (χ1v) is 8.65. The first kappa shape index (κ1) is 19.6. The molecule has 0 radical (unpaired) electrons. The average Bonchev–Trinajstić information content (AvgIpc) is 2.60. The van der Waals surface area contributed by atoms with Gasteiger partial charge in [-0.1, -0.05) is 11.6 Å². The van der Waals surface area contributed by atoms with Gasteiger partial charge in [0.2, 0.25) is 12.2 Å². The second kappa shape index (κ2) is 7.81. The molecule has 0 aromatic heterocycles. The molecule has 1 aliphatic carbocycles. The molecule has 27 heavy (non-hydrogen) atoms. The van der Waals surface area contributed by atoms with Crippen molar-refractivity contribution in [1.82, 2.24) is 5.32 Å². The van der Waals surface area contributed by atoms with Crippen molar-refractivity contribution in [3.8, 4) is 0 Å². The van der Waals surface area contributed by atoms with Gasteiger partial charge in [-0.25, -0.2) is 0 Å². The number of aliphatic hydroxyl groups is 3.